The van der Waals surface area contributed by atoms with Crippen LogP contribution < -0.4 is 5.32 Å². The van der Waals surface area contributed by atoms with E-state index in [1.807, 2.05) is 20.0 Å². The summed E-state index contributed by atoms with van der Waals surface area (Å²) in [7, 11) is 1.86. The molecule has 0 radical (unpaired) electrons. The molecule has 1 N–H and O–H groups in total. The van der Waals surface area contributed by atoms with E-state index in [0.29, 0.717) is 12.3 Å². The number of rotatable bonds is 3. The molecule has 0 fully saturated rings. The average Bonchev–Trinajstić information content (AvgIpc) is 2.68. The van der Waals surface area contributed by atoms with Crippen LogP contribution in [-0.4, -0.2) is 22.2 Å². The number of hydrogen-bond acceptors (Lipinski definition) is 5. The fourth-order valence-electron chi connectivity index (χ4n) is 1.34. The van der Waals surface area contributed by atoms with E-state index in [9.17, 15) is 0 Å². The molecule has 78 valence electrons. The van der Waals surface area contributed by atoms with E-state index in [-0.39, 0.29) is 0 Å². The molecule has 0 aromatic carbocycles. The summed E-state index contributed by atoms with van der Waals surface area (Å²) in [4.78, 5) is 8.35. The zero-order valence-corrected chi connectivity index (χ0v) is 8.69. The highest BCUT2D eigenvalue weighted by molar-refractivity contribution is 5.54. The summed E-state index contributed by atoms with van der Waals surface area (Å²) in [6, 6.07) is 1.87. The number of aromatic nitrogens is 3. The highest BCUT2D eigenvalue weighted by atomic mass is 16.5. The Morgan fingerprint density at radius 1 is 1.33 bits per heavy atom. The summed E-state index contributed by atoms with van der Waals surface area (Å²) in [6.07, 6.45) is 3.30. The van der Waals surface area contributed by atoms with Crippen molar-refractivity contribution in [3.8, 4) is 11.5 Å². The molecule has 0 bridgehead atoms. The van der Waals surface area contributed by atoms with Crippen molar-refractivity contribution in [1.82, 2.24) is 20.4 Å². The van der Waals surface area contributed by atoms with Gasteiger partial charge in [0.25, 0.3) is 0 Å². The molecular formula is C10H12N4O. The monoisotopic (exact) mass is 204 g/mol. The van der Waals surface area contributed by atoms with Gasteiger partial charge in [0.1, 0.15) is 5.69 Å². The van der Waals surface area contributed by atoms with Crippen molar-refractivity contribution < 1.29 is 4.52 Å². The van der Waals surface area contributed by atoms with Crippen LogP contribution in [0.15, 0.2) is 23.0 Å². The Bertz CT molecular complexity index is 452. The van der Waals surface area contributed by atoms with Gasteiger partial charge < -0.3 is 9.84 Å². The normalized spacial score (nSPS) is 10.5. The molecule has 0 amide bonds. The van der Waals surface area contributed by atoms with Crippen LogP contribution in [0.5, 0.6) is 0 Å². The van der Waals surface area contributed by atoms with Gasteiger partial charge in [0.2, 0.25) is 0 Å². The van der Waals surface area contributed by atoms with E-state index in [2.05, 4.69) is 20.4 Å². The zero-order chi connectivity index (χ0) is 10.7. The third kappa shape index (κ3) is 2.02. The largest absolute Gasteiger partial charge is 0.354 e. The molecule has 0 atom stereocenters. The molecule has 2 heterocycles. The Labute approximate surface area is 87.5 Å². The first kappa shape index (κ1) is 9.79. The fraction of sp³-hybridized carbons (Fsp3) is 0.300. The molecule has 0 saturated heterocycles. The lowest BCUT2D eigenvalue weighted by Crippen LogP contribution is -2.04. The average molecular weight is 204 g/mol. The third-order valence-electron chi connectivity index (χ3n) is 2.03. The van der Waals surface area contributed by atoms with Crippen molar-refractivity contribution >= 4 is 0 Å². The number of nitrogens with one attached hydrogen (secondary N) is 1. The molecule has 0 aliphatic rings. The summed E-state index contributed by atoms with van der Waals surface area (Å²) in [6.45, 7) is 2.57. The van der Waals surface area contributed by atoms with Gasteiger partial charge >= 0.3 is 0 Å². The van der Waals surface area contributed by atoms with Crippen LogP contribution >= 0.6 is 0 Å². The maximum absolute atomic E-state index is 5.19. The van der Waals surface area contributed by atoms with E-state index in [0.717, 1.165) is 17.1 Å². The molecule has 15 heavy (non-hydrogen) atoms. The van der Waals surface area contributed by atoms with Gasteiger partial charge in [0.15, 0.2) is 5.76 Å². The van der Waals surface area contributed by atoms with E-state index in [1.165, 1.54) is 0 Å². The van der Waals surface area contributed by atoms with Crippen LogP contribution in [0, 0.1) is 6.92 Å². The highest BCUT2D eigenvalue weighted by Crippen LogP contribution is 2.19. The number of aryl methyl sites for hydroxylation is 1. The van der Waals surface area contributed by atoms with Crippen LogP contribution in [0.3, 0.4) is 0 Å². The Hall–Kier alpha value is -1.75. The smallest absolute Gasteiger partial charge is 0.187 e. The van der Waals surface area contributed by atoms with Crippen LogP contribution in [0.4, 0.5) is 0 Å². The van der Waals surface area contributed by atoms with Gasteiger partial charge in [-0.05, 0) is 14.0 Å². The third-order valence-corrected chi connectivity index (χ3v) is 2.03. The van der Waals surface area contributed by atoms with Crippen molar-refractivity contribution in [3.05, 3.63) is 29.8 Å². The second kappa shape index (κ2) is 4.18. The first-order chi connectivity index (χ1) is 7.31. The minimum atomic E-state index is 0.658. The summed E-state index contributed by atoms with van der Waals surface area (Å²) < 4.78 is 5.19. The van der Waals surface area contributed by atoms with Gasteiger partial charge in [-0.25, -0.2) is 4.98 Å². The second-order valence-corrected chi connectivity index (χ2v) is 3.20. The van der Waals surface area contributed by atoms with Gasteiger partial charge in [0, 0.05) is 25.0 Å². The van der Waals surface area contributed by atoms with Crippen molar-refractivity contribution in [2.45, 2.75) is 13.5 Å². The van der Waals surface area contributed by atoms with E-state index in [1.54, 1.807) is 12.4 Å². The summed E-state index contributed by atoms with van der Waals surface area (Å²) in [5.74, 6) is 0.658. The standard InChI is InChI=1S/C10H12N4O/c1-7-10(13-4-3-12-7)9-5-8(6-11-2)14-15-9/h3-5,11H,6H2,1-2H3. The molecule has 2 aromatic rings. The van der Waals surface area contributed by atoms with Crippen LogP contribution in [-0.2, 0) is 6.54 Å². The lowest BCUT2D eigenvalue weighted by molar-refractivity contribution is 0.420. The topological polar surface area (TPSA) is 63.8 Å². The quantitative estimate of drug-likeness (QED) is 0.812. The minimum absolute atomic E-state index is 0.658. The predicted octanol–water partition coefficient (Wildman–Crippen LogP) is 1.16. The van der Waals surface area contributed by atoms with E-state index in [4.69, 9.17) is 4.52 Å². The van der Waals surface area contributed by atoms with Crippen molar-refractivity contribution in [2.24, 2.45) is 0 Å². The first-order valence-corrected chi connectivity index (χ1v) is 4.69. The minimum Gasteiger partial charge on any atom is -0.354 e. The fourth-order valence-corrected chi connectivity index (χ4v) is 1.34. The molecule has 0 aliphatic carbocycles. The van der Waals surface area contributed by atoms with Crippen LogP contribution in [0.2, 0.25) is 0 Å². The lowest BCUT2D eigenvalue weighted by atomic mass is 10.2. The SMILES string of the molecule is CNCc1cc(-c2nccnc2C)on1. The molecule has 0 unspecified atom stereocenters. The van der Waals surface area contributed by atoms with E-state index >= 15 is 0 Å². The molecular weight excluding hydrogens is 192 g/mol. The van der Waals surface area contributed by atoms with Gasteiger partial charge in [0.05, 0.1) is 11.4 Å². The van der Waals surface area contributed by atoms with Gasteiger partial charge in [-0.3, -0.25) is 4.98 Å². The molecule has 5 nitrogen and oxygen atoms in total. The summed E-state index contributed by atoms with van der Waals surface area (Å²) in [5.41, 5.74) is 2.44. The van der Waals surface area contributed by atoms with Gasteiger partial charge in [-0.15, -0.1) is 0 Å². The molecule has 2 rings (SSSR count). The second-order valence-electron chi connectivity index (χ2n) is 3.20. The Morgan fingerprint density at radius 3 is 2.87 bits per heavy atom. The lowest BCUT2D eigenvalue weighted by Gasteiger charge is -1.96. The Morgan fingerprint density at radius 2 is 2.13 bits per heavy atom. The number of nitrogens with zero attached hydrogens (tertiary/aromatic N) is 3. The Kier molecular flexibility index (Phi) is 2.73. The molecule has 5 heteroatoms. The van der Waals surface area contributed by atoms with Crippen molar-refractivity contribution in [1.29, 1.82) is 0 Å². The highest BCUT2D eigenvalue weighted by Gasteiger charge is 2.10. The molecule has 2 aromatic heterocycles. The molecule has 0 saturated carbocycles. The van der Waals surface area contributed by atoms with Crippen molar-refractivity contribution in [3.63, 3.8) is 0 Å². The summed E-state index contributed by atoms with van der Waals surface area (Å²) in [5, 5.41) is 6.92. The number of hydrogen-bond donors (Lipinski definition) is 1. The maximum atomic E-state index is 5.19. The predicted molar refractivity (Wildman–Crippen MR) is 55.0 cm³/mol. The van der Waals surface area contributed by atoms with Crippen LogP contribution in [0.25, 0.3) is 11.5 Å². The van der Waals surface area contributed by atoms with Crippen LogP contribution in [0.1, 0.15) is 11.4 Å². The van der Waals surface area contributed by atoms with Crippen molar-refractivity contribution in [2.75, 3.05) is 7.05 Å². The van der Waals surface area contributed by atoms with Gasteiger partial charge in [-0.2, -0.15) is 0 Å². The first-order valence-electron chi connectivity index (χ1n) is 4.69. The molecule has 0 spiro atoms. The van der Waals surface area contributed by atoms with E-state index < -0.39 is 0 Å². The zero-order valence-electron chi connectivity index (χ0n) is 8.69. The van der Waals surface area contributed by atoms with Gasteiger partial charge in [-0.1, -0.05) is 5.16 Å². The maximum Gasteiger partial charge on any atom is 0.187 e. The molecule has 0 aliphatic heterocycles. The Balaban J connectivity index is 2.33. The summed E-state index contributed by atoms with van der Waals surface area (Å²) >= 11 is 0.